The van der Waals surface area contributed by atoms with E-state index in [9.17, 15) is 18.3 Å². The maximum Gasteiger partial charge on any atom is 0.265 e. The second-order valence-corrected chi connectivity index (χ2v) is 10.6. The third-order valence-corrected chi connectivity index (χ3v) is 8.20. The maximum atomic E-state index is 13.1. The fourth-order valence-electron chi connectivity index (χ4n) is 3.48. The van der Waals surface area contributed by atoms with E-state index in [0.717, 1.165) is 29.2 Å². The van der Waals surface area contributed by atoms with Crippen LogP contribution in [0.3, 0.4) is 0 Å². The molecule has 0 radical (unpaired) electrons. The number of rotatable bonds is 6. The first kappa shape index (κ1) is 22.3. The number of aromatic hydroxyl groups is 1. The molecular formula is C23H24N2O5S2. The van der Waals surface area contributed by atoms with Gasteiger partial charge < -0.3 is 20.1 Å². The van der Waals surface area contributed by atoms with Gasteiger partial charge in [-0.1, -0.05) is 37.3 Å². The summed E-state index contributed by atoms with van der Waals surface area (Å²) in [5, 5.41) is 13.8. The van der Waals surface area contributed by atoms with Crippen molar-refractivity contribution in [1.82, 2.24) is 0 Å². The van der Waals surface area contributed by atoms with Crippen molar-refractivity contribution in [3.8, 4) is 16.9 Å². The summed E-state index contributed by atoms with van der Waals surface area (Å²) in [6, 6.07) is 15.6. The Morgan fingerprint density at radius 1 is 1.12 bits per heavy atom. The van der Waals surface area contributed by atoms with E-state index in [1.807, 2.05) is 36.4 Å². The lowest BCUT2D eigenvalue weighted by Crippen LogP contribution is -2.35. The fraction of sp³-hybridized carbons (Fsp3) is 0.261. The van der Waals surface area contributed by atoms with Gasteiger partial charge >= 0.3 is 0 Å². The molecule has 1 aliphatic rings. The minimum Gasteiger partial charge on any atom is -0.506 e. The normalized spacial score (nSPS) is 14.3. The number of nitrogens with one attached hydrogen (secondary N) is 1. The second-order valence-electron chi connectivity index (χ2n) is 7.33. The van der Waals surface area contributed by atoms with Crippen LogP contribution in [0.1, 0.15) is 16.6 Å². The minimum absolute atomic E-state index is 0.0539. The van der Waals surface area contributed by atoms with Gasteiger partial charge in [-0.25, -0.2) is 8.42 Å². The van der Waals surface area contributed by atoms with Crippen molar-refractivity contribution < 1.29 is 23.1 Å². The largest absolute Gasteiger partial charge is 0.506 e. The predicted molar refractivity (Wildman–Crippen MR) is 127 cm³/mol. The Morgan fingerprint density at radius 3 is 2.53 bits per heavy atom. The van der Waals surface area contributed by atoms with E-state index in [0.29, 0.717) is 18.1 Å². The summed E-state index contributed by atoms with van der Waals surface area (Å²) in [6.07, 6.45) is 0. The van der Waals surface area contributed by atoms with Crippen molar-refractivity contribution in [3.05, 3.63) is 59.5 Å². The SMILES string of the molecule is CCS(=O)(=O)c1ccc(O)c(NC(=O)c2cc(-c3ccccc3)c(N3CCOCC3)s2)c1. The zero-order valence-corrected chi connectivity index (χ0v) is 19.2. The van der Waals surface area contributed by atoms with Crippen molar-refractivity contribution >= 4 is 37.8 Å². The molecule has 9 heteroatoms. The molecule has 0 bridgehead atoms. The van der Waals surface area contributed by atoms with Crippen LogP contribution in [0.2, 0.25) is 0 Å². The average Bonchev–Trinajstić information content (AvgIpc) is 3.27. The Kier molecular flexibility index (Phi) is 6.50. The van der Waals surface area contributed by atoms with Gasteiger partial charge in [0, 0.05) is 18.7 Å². The van der Waals surface area contributed by atoms with Gasteiger partial charge in [0.25, 0.3) is 5.91 Å². The molecule has 1 aliphatic heterocycles. The van der Waals surface area contributed by atoms with Crippen molar-refractivity contribution in [3.63, 3.8) is 0 Å². The van der Waals surface area contributed by atoms with Gasteiger partial charge in [0.15, 0.2) is 9.84 Å². The summed E-state index contributed by atoms with van der Waals surface area (Å²) in [5.74, 6) is -0.672. The molecule has 2 N–H and O–H groups in total. The number of anilines is 2. The number of thiophene rings is 1. The molecule has 0 atom stereocenters. The smallest absolute Gasteiger partial charge is 0.265 e. The highest BCUT2D eigenvalue weighted by molar-refractivity contribution is 7.91. The number of ether oxygens (including phenoxy) is 1. The highest BCUT2D eigenvalue weighted by Crippen LogP contribution is 2.40. The molecule has 0 spiro atoms. The van der Waals surface area contributed by atoms with Gasteiger partial charge in [-0.2, -0.15) is 0 Å². The molecule has 2 aromatic carbocycles. The molecule has 3 aromatic rings. The van der Waals surface area contributed by atoms with Crippen LogP contribution in [0.25, 0.3) is 11.1 Å². The molecule has 32 heavy (non-hydrogen) atoms. The number of carbonyl (C=O) groups is 1. The molecule has 1 fully saturated rings. The van der Waals surface area contributed by atoms with Crippen LogP contribution in [0.5, 0.6) is 5.75 Å². The zero-order valence-electron chi connectivity index (χ0n) is 17.6. The molecule has 168 valence electrons. The van der Waals surface area contributed by atoms with E-state index in [1.54, 1.807) is 6.92 Å². The van der Waals surface area contributed by atoms with Crippen molar-refractivity contribution in [2.45, 2.75) is 11.8 Å². The van der Waals surface area contributed by atoms with E-state index in [-0.39, 0.29) is 22.1 Å². The lowest BCUT2D eigenvalue weighted by molar-refractivity contribution is 0.103. The highest BCUT2D eigenvalue weighted by atomic mass is 32.2. The minimum atomic E-state index is -3.47. The molecule has 0 saturated carbocycles. The molecule has 0 aliphatic carbocycles. The Hall–Kier alpha value is -2.88. The summed E-state index contributed by atoms with van der Waals surface area (Å²) in [5.41, 5.74) is 2.02. The predicted octanol–water partition coefficient (Wildman–Crippen LogP) is 4.00. The average molecular weight is 473 g/mol. The maximum absolute atomic E-state index is 13.1. The second kappa shape index (κ2) is 9.32. The Bertz CT molecular complexity index is 1220. The van der Waals surface area contributed by atoms with Crippen LogP contribution in [0.4, 0.5) is 10.7 Å². The monoisotopic (exact) mass is 472 g/mol. The Morgan fingerprint density at radius 2 is 1.84 bits per heavy atom. The first-order valence-corrected chi connectivity index (χ1v) is 12.7. The summed E-state index contributed by atoms with van der Waals surface area (Å²) in [6.45, 7) is 4.27. The van der Waals surface area contributed by atoms with Gasteiger partial charge in [-0.3, -0.25) is 4.79 Å². The quantitative estimate of drug-likeness (QED) is 0.527. The standard InChI is InChI=1S/C23H24N2O5S2/c1-2-32(28,29)17-8-9-20(26)19(14-17)24-22(27)21-15-18(16-6-4-3-5-7-16)23(31-21)25-10-12-30-13-11-25/h3-9,14-15,26H,2,10-13H2,1H3,(H,24,27). The lowest BCUT2D eigenvalue weighted by Gasteiger charge is -2.28. The molecule has 7 nitrogen and oxygen atoms in total. The van der Waals surface area contributed by atoms with Gasteiger partial charge in [-0.15, -0.1) is 11.3 Å². The first-order valence-electron chi connectivity index (χ1n) is 10.3. The number of carbonyl (C=O) groups excluding carboxylic acids is 1. The van der Waals surface area contributed by atoms with Gasteiger partial charge in [0.05, 0.1) is 39.4 Å². The summed E-state index contributed by atoms with van der Waals surface area (Å²) >= 11 is 1.37. The van der Waals surface area contributed by atoms with Crippen LogP contribution in [0, 0.1) is 0 Å². The van der Waals surface area contributed by atoms with Crippen LogP contribution in [0.15, 0.2) is 59.5 Å². The molecule has 4 rings (SSSR count). The molecule has 1 aromatic heterocycles. The Labute approximate surface area is 191 Å². The third-order valence-electron chi connectivity index (χ3n) is 5.27. The summed E-state index contributed by atoms with van der Waals surface area (Å²) < 4.78 is 29.9. The zero-order chi connectivity index (χ0) is 22.7. The van der Waals surface area contributed by atoms with Crippen molar-refractivity contribution in [2.75, 3.05) is 42.3 Å². The number of hydrogen-bond acceptors (Lipinski definition) is 7. The number of phenols is 1. The number of hydrogen-bond donors (Lipinski definition) is 2. The van der Waals surface area contributed by atoms with E-state index >= 15 is 0 Å². The number of sulfone groups is 1. The summed E-state index contributed by atoms with van der Waals surface area (Å²) in [7, 11) is -3.47. The first-order chi connectivity index (χ1) is 15.4. The number of phenolic OH excluding ortho intramolecular Hbond substituents is 1. The van der Waals surface area contributed by atoms with Crippen LogP contribution >= 0.6 is 11.3 Å². The fourth-order valence-corrected chi connectivity index (χ4v) is 5.51. The number of amides is 1. The van der Waals surface area contributed by atoms with Crippen LogP contribution in [-0.2, 0) is 14.6 Å². The molecular weight excluding hydrogens is 448 g/mol. The van der Waals surface area contributed by atoms with Crippen molar-refractivity contribution in [2.24, 2.45) is 0 Å². The molecule has 1 amide bonds. The van der Waals surface area contributed by atoms with Crippen LogP contribution in [-0.4, -0.2) is 51.5 Å². The van der Waals surface area contributed by atoms with E-state index < -0.39 is 15.7 Å². The van der Waals surface area contributed by atoms with E-state index in [4.69, 9.17) is 4.74 Å². The number of benzene rings is 2. The van der Waals surface area contributed by atoms with Gasteiger partial charge in [-0.05, 0) is 29.8 Å². The van der Waals surface area contributed by atoms with E-state index in [2.05, 4.69) is 10.2 Å². The molecule has 2 heterocycles. The highest BCUT2D eigenvalue weighted by Gasteiger charge is 2.23. The van der Waals surface area contributed by atoms with Gasteiger partial charge in [0.1, 0.15) is 5.75 Å². The number of morpholine rings is 1. The summed E-state index contributed by atoms with van der Waals surface area (Å²) in [4.78, 5) is 15.8. The van der Waals surface area contributed by atoms with Gasteiger partial charge in [0.2, 0.25) is 0 Å². The third kappa shape index (κ3) is 4.64. The molecule has 0 unspecified atom stereocenters. The van der Waals surface area contributed by atoms with Crippen LogP contribution < -0.4 is 10.2 Å². The lowest BCUT2D eigenvalue weighted by atomic mass is 10.1. The topological polar surface area (TPSA) is 95.9 Å². The van der Waals surface area contributed by atoms with E-state index in [1.165, 1.54) is 29.5 Å². The molecule has 1 saturated heterocycles. The Balaban J connectivity index is 1.67. The number of nitrogens with zero attached hydrogens (tertiary/aromatic N) is 1. The van der Waals surface area contributed by atoms with Crippen molar-refractivity contribution in [1.29, 1.82) is 0 Å².